The van der Waals surface area contributed by atoms with Crippen LogP contribution in [0.5, 0.6) is 0 Å². The van der Waals surface area contributed by atoms with Crippen LogP contribution in [-0.2, 0) is 27.2 Å². The smallest absolute Gasteiger partial charge is 0.225 e. The Balaban J connectivity index is 1.96. The van der Waals surface area contributed by atoms with E-state index in [1.165, 1.54) is 18.9 Å². The number of aromatic nitrogens is 1. The van der Waals surface area contributed by atoms with E-state index in [0.29, 0.717) is 48.3 Å². The van der Waals surface area contributed by atoms with Crippen LogP contribution >= 0.6 is 0 Å². The third-order valence-corrected chi connectivity index (χ3v) is 10.1. The van der Waals surface area contributed by atoms with Gasteiger partial charge in [-0.05, 0) is 111 Å². The van der Waals surface area contributed by atoms with Crippen molar-refractivity contribution < 1.29 is 18.8 Å². The molecule has 44 heavy (non-hydrogen) atoms. The SMILES string of the molecule is CCC[C@H](CC1CC1)C(=O)N(C)C1CCc2c(C)c(F)cc3nc(/C(C)=C/C(=C(/CC)C(C)=O)C(C=O)CC)c(CC)c1c23. The molecule has 1 heterocycles. The summed E-state index contributed by atoms with van der Waals surface area (Å²) >= 11 is 0. The highest BCUT2D eigenvalue weighted by atomic mass is 19.1. The average Bonchev–Trinajstić information content (AvgIpc) is 3.83. The maximum atomic E-state index is 15.3. The molecule has 1 saturated carbocycles. The second-order valence-corrected chi connectivity index (χ2v) is 13.1. The van der Waals surface area contributed by atoms with Crippen molar-refractivity contribution in [2.75, 3.05) is 7.05 Å². The normalized spacial score (nSPS) is 18.6. The number of nitrogens with zero attached hydrogens (tertiary/aromatic N) is 2. The zero-order valence-corrected chi connectivity index (χ0v) is 28.1. The fraction of sp³-hybridized carbons (Fsp3) is 0.579. The van der Waals surface area contributed by atoms with Crippen LogP contribution in [0.1, 0.15) is 127 Å². The summed E-state index contributed by atoms with van der Waals surface area (Å²) in [6.45, 7) is 13.5. The van der Waals surface area contributed by atoms with E-state index in [1.54, 1.807) is 6.92 Å². The summed E-state index contributed by atoms with van der Waals surface area (Å²) in [6, 6.07) is 1.40. The van der Waals surface area contributed by atoms with Gasteiger partial charge < -0.3 is 9.69 Å². The molecule has 0 spiro atoms. The van der Waals surface area contributed by atoms with Crippen LogP contribution < -0.4 is 0 Å². The molecule has 0 N–H and O–H groups in total. The molecule has 2 aliphatic carbocycles. The average molecular weight is 603 g/mol. The van der Waals surface area contributed by atoms with Gasteiger partial charge in [-0.2, -0.15) is 0 Å². The van der Waals surface area contributed by atoms with Crippen molar-refractivity contribution in [1.82, 2.24) is 9.88 Å². The number of allylic oxidation sites excluding steroid dienone is 4. The van der Waals surface area contributed by atoms with Crippen LogP contribution in [0.2, 0.25) is 0 Å². The molecule has 3 atom stereocenters. The Labute approximate surface area is 263 Å². The minimum Gasteiger partial charge on any atom is -0.338 e. The van der Waals surface area contributed by atoms with Crippen LogP contribution in [0.15, 0.2) is 23.3 Å². The monoisotopic (exact) mass is 602 g/mol. The quantitative estimate of drug-likeness (QED) is 0.123. The molecule has 2 aromatic rings. The van der Waals surface area contributed by atoms with E-state index >= 15 is 4.39 Å². The molecule has 2 aliphatic rings. The maximum absolute atomic E-state index is 15.3. The summed E-state index contributed by atoms with van der Waals surface area (Å²) in [5.41, 5.74) is 7.34. The number of pyridine rings is 1. The lowest BCUT2D eigenvalue weighted by molar-refractivity contribution is -0.137. The van der Waals surface area contributed by atoms with E-state index in [4.69, 9.17) is 4.98 Å². The van der Waals surface area contributed by atoms with E-state index in [0.717, 1.165) is 70.9 Å². The highest BCUT2D eigenvalue weighted by Crippen LogP contribution is 2.45. The molecule has 0 radical (unpaired) electrons. The van der Waals surface area contributed by atoms with E-state index in [1.807, 2.05) is 45.7 Å². The molecule has 1 aromatic carbocycles. The number of carbonyl (C=O) groups excluding carboxylic acids is 3. The lowest BCUT2D eigenvalue weighted by Gasteiger charge is -2.37. The summed E-state index contributed by atoms with van der Waals surface area (Å²) in [5.74, 6) is 0.192. The third-order valence-electron chi connectivity index (χ3n) is 10.1. The number of amides is 1. The summed E-state index contributed by atoms with van der Waals surface area (Å²) in [5, 5.41) is 0.982. The molecule has 0 bridgehead atoms. The van der Waals surface area contributed by atoms with Crippen molar-refractivity contribution in [3.8, 4) is 0 Å². The van der Waals surface area contributed by atoms with Crippen LogP contribution in [0, 0.1) is 30.5 Å². The van der Waals surface area contributed by atoms with Crippen molar-refractivity contribution >= 4 is 34.5 Å². The molecule has 5 nitrogen and oxygen atoms in total. The number of aldehydes is 1. The van der Waals surface area contributed by atoms with Crippen molar-refractivity contribution in [3.63, 3.8) is 0 Å². The van der Waals surface area contributed by atoms with Gasteiger partial charge in [0.1, 0.15) is 12.1 Å². The summed E-state index contributed by atoms with van der Waals surface area (Å²) < 4.78 is 15.3. The van der Waals surface area contributed by atoms with Gasteiger partial charge in [0.05, 0.1) is 17.3 Å². The van der Waals surface area contributed by atoms with Gasteiger partial charge in [0.15, 0.2) is 5.78 Å². The second kappa shape index (κ2) is 14.3. The first-order valence-corrected chi connectivity index (χ1v) is 16.8. The summed E-state index contributed by atoms with van der Waals surface area (Å²) in [6.07, 6.45) is 11.4. The first-order chi connectivity index (χ1) is 21.0. The Kier molecular flexibility index (Phi) is 11.0. The molecule has 1 aromatic heterocycles. The number of halogens is 1. The molecular weight excluding hydrogens is 551 g/mol. The topological polar surface area (TPSA) is 67.3 Å². The molecule has 0 saturated heterocycles. The molecule has 1 amide bonds. The number of ketones is 1. The second-order valence-electron chi connectivity index (χ2n) is 13.1. The number of hydrogen-bond donors (Lipinski definition) is 0. The van der Waals surface area contributed by atoms with Crippen LogP contribution in [0.3, 0.4) is 0 Å². The van der Waals surface area contributed by atoms with E-state index < -0.39 is 5.92 Å². The van der Waals surface area contributed by atoms with Gasteiger partial charge in [-0.1, -0.05) is 53.0 Å². The van der Waals surface area contributed by atoms with Gasteiger partial charge in [0, 0.05) is 30.3 Å². The third kappa shape index (κ3) is 6.60. The summed E-state index contributed by atoms with van der Waals surface area (Å²) in [4.78, 5) is 45.9. The Bertz CT molecular complexity index is 1500. The lowest BCUT2D eigenvalue weighted by Crippen LogP contribution is -2.38. The fourth-order valence-corrected chi connectivity index (χ4v) is 7.47. The molecule has 238 valence electrons. The predicted molar refractivity (Wildman–Crippen MR) is 177 cm³/mol. The Morgan fingerprint density at radius 3 is 2.39 bits per heavy atom. The maximum Gasteiger partial charge on any atom is 0.225 e. The largest absolute Gasteiger partial charge is 0.338 e. The van der Waals surface area contributed by atoms with Crippen molar-refractivity contribution in [2.24, 2.45) is 17.8 Å². The number of Topliss-reactive ketones (excluding diaryl/α,β-unsaturated/α-hetero) is 1. The van der Waals surface area contributed by atoms with Crippen molar-refractivity contribution in [3.05, 3.63) is 57.1 Å². The van der Waals surface area contributed by atoms with E-state index in [9.17, 15) is 14.4 Å². The van der Waals surface area contributed by atoms with Crippen LogP contribution in [0.25, 0.3) is 16.5 Å². The zero-order valence-electron chi connectivity index (χ0n) is 28.1. The number of rotatable bonds is 14. The minimum atomic E-state index is -0.405. The van der Waals surface area contributed by atoms with Gasteiger partial charge in [-0.25, -0.2) is 9.37 Å². The predicted octanol–water partition coefficient (Wildman–Crippen LogP) is 8.83. The van der Waals surface area contributed by atoms with Gasteiger partial charge in [0.25, 0.3) is 0 Å². The van der Waals surface area contributed by atoms with Crippen LogP contribution in [-0.4, -0.2) is 34.9 Å². The van der Waals surface area contributed by atoms with Gasteiger partial charge >= 0.3 is 0 Å². The zero-order chi connectivity index (χ0) is 32.3. The molecular formula is C38H51FN2O3. The number of hydrogen-bond acceptors (Lipinski definition) is 4. The number of benzene rings is 1. The molecule has 4 rings (SSSR count). The molecule has 0 aliphatic heterocycles. The number of carbonyl (C=O) groups is 3. The Hall–Kier alpha value is -3.15. The first kappa shape index (κ1) is 33.7. The van der Waals surface area contributed by atoms with Crippen LogP contribution in [0.4, 0.5) is 4.39 Å². The van der Waals surface area contributed by atoms with Gasteiger partial charge in [-0.15, -0.1) is 0 Å². The highest BCUT2D eigenvalue weighted by Gasteiger charge is 2.37. The minimum absolute atomic E-state index is 0.0263. The molecule has 2 unspecified atom stereocenters. The fourth-order valence-electron chi connectivity index (χ4n) is 7.47. The highest BCUT2D eigenvalue weighted by molar-refractivity contribution is 5.96. The molecule has 6 heteroatoms. The van der Waals surface area contributed by atoms with E-state index in [2.05, 4.69) is 13.8 Å². The van der Waals surface area contributed by atoms with Crippen molar-refractivity contribution in [1.29, 1.82) is 0 Å². The molecule has 1 fully saturated rings. The number of aryl methyl sites for hydroxylation is 1. The van der Waals surface area contributed by atoms with E-state index in [-0.39, 0.29) is 29.5 Å². The lowest BCUT2D eigenvalue weighted by atomic mass is 9.79. The Morgan fingerprint density at radius 2 is 1.84 bits per heavy atom. The Morgan fingerprint density at radius 1 is 1.14 bits per heavy atom. The van der Waals surface area contributed by atoms with Gasteiger partial charge in [0.2, 0.25) is 5.91 Å². The van der Waals surface area contributed by atoms with Gasteiger partial charge in [-0.3, -0.25) is 9.59 Å². The first-order valence-electron chi connectivity index (χ1n) is 16.8. The van der Waals surface area contributed by atoms with Crippen molar-refractivity contribution in [2.45, 2.75) is 119 Å². The standard InChI is InChI=1S/C38H51FN2O3/c1-9-13-27(19-25-14-15-25)38(44)41(8)34-17-16-30-23(6)32(39)20-33-35(30)36(34)29(12-4)37(40-33)22(5)18-31(26(10-2)21-42)28(11-3)24(7)43/h18,20-21,25-27,34H,9-17,19H2,1-8H3/b22-18+,31-28+/t26?,27-,34?/m1/s1. The summed E-state index contributed by atoms with van der Waals surface area (Å²) in [7, 11) is 1.95.